The van der Waals surface area contributed by atoms with Crippen molar-refractivity contribution in [3.8, 4) is 11.4 Å². The van der Waals surface area contributed by atoms with Gasteiger partial charge in [0.2, 0.25) is 0 Å². The fourth-order valence-corrected chi connectivity index (χ4v) is 1.72. The molecule has 0 fully saturated rings. The number of aryl methyl sites for hydroxylation is 1. The second kappa shape index (κ2) is 5.14. The van der Waals surface area contributed by atoms with Gasteiger partial charge >= 0.3 is 0 Å². The van der Waals surface area contributed by atoms with Crippen LogP contribution < -0.4 is 5.73 Å². The molecular weight excluding hydrogens is 238 g/mol. The number of rotatable bonds is 4. The Bertz CT molecular complexity index is 508. The Kier molecular flexibility index (Phi) is 3.58. The van der Waals surface area contributed by atoms with E-state index in [2.05, 4.69) is 22.4 Å². The number of anilines is 1. The fourth-order valence-electron chi connectivity index (χ4n) is 1.54. The summed E-state index contributed by atoms with van der Waals surface area (Å²) in [6.07, 6.45) is 2.14. The highest BCUT2D eigenvalue weighted by Gasteiger charge is 2.09. The highest BCUT2D eigenvalue weighted by atomic mass is 35.5. The number of tetrazole rings is 1. The molecule has 0 unspecified atom stereocenters. The molecule has 1 aromatic carbocycles. The number of halogens is 1. The van der Waals surface area contributed by atoms with Crippen LogP contribution in [0.15, 0.2) is 18.2 Å². The molecule has 0 aliphatic rings. The predicted molar refractivity (Wildman–Crippen MR) is 67.6 cm³/mol. The molecular formula is C11H14ClN5. The molecule has 2 N–H and O–H groups in total. The minimum Gasteiger partial charge on any atom is -0.398 e. The summed E-state index contributed by atoms with van der Waals surface area (Å²) in [7, 11) is 0. The molecule has 5 nitrogen and oxygen atoms in total. The molecule has 0 saturated heterocycles. The van der Waals surface area contributed by atoms with Gasteiger partial charge in [-0.2, -0.15) is 0 Å². The Morgan fingerprint density at radius 3 is 2.94 bits per heavy atom. The lowest BCUT2D eigenvalue weighted by Gasteiger charge is -2.05. The molecule has 1 heterocycles. The summed E-state index contributed by atoms with van der Waals surface area (Å²) >= 11 is 5.98. The van der Waals surface area contributed by atoms with Crippen LogP contribution in [0.5, 0.6) is 0 Å². The predicted octanol–water partition coefficient (Wildman–Crippen LogP) is 2.38. The van der Waals surface area contributed by atoms with E-state index in [-0.39, 0.29) is 0 Å². The lowest BCUT2D eigenvalue weighted by atomic mass is 10.2. The first-order chi connectivity index (χ1) is 8.22. The van der Waals surface area contributed by atoms with Gasteiger partial charge in [0, 0.05) is 12.1 Å². The van der Waals surface area contributed by atoms with Crippen LogP contribution in [0.25, 0.3) is 11.4 Å². The highest BCUT2D eigenvalue weighted by Crippen LogP contribution is 2.25. The van der Waals surface area contributed by atoms with Crippen molar-refractivity contribution >= 4 is 17.3 Å². The maximum atomic E-state index is 5.98. The second-order valence-corrected chi connectivity index (χ2v) is 4.22. The molecule has 90 valence electrons. The quantitative estimate of drug-likeness (QED) is 0.847. The molecule has 6 heteroatoms. The van der Waals surface area contributed by atoms with Crippen molar-refractivity contribution < 1.29 is 0 Å². The van der Waals surface area contributed by atoms with Gasteiger partial charge in [0.25, 0.3) is 0 Å². The Labute approximate surface area is 105 Å². The lowest BCUT2D eigenvalue weighted by Crippen LogP contribution is -2.03. The van der Waals surface area contributed by atoms with Crippen molar-refractivity contribution in [1.29, 1.82) is 0 Å². The van der Waals surface area contributed by atoms with E-state index in [0.717, 1.165) is 30.8 Å². The van der Waals surface area contributed by atoms with Gasteiger partial charge in [0.1, 0.15) is 0 Å². The monoisotopic (exact) mass is 251 g/mol. The number of unbranched alkanes of at least 4 members (excludes halogenated alkanes) is 1. The molecule has 0 atom stereocenters. The molecule has 0 radical (unpaired) electrons. The van der Waals surface area contributed by atoms with E-state index in [1.54, 1.807) is 16.8 Å². The van der Waals surface area contributed by atoms with Crippen molar-refractivity contribution in [2.75, 3.05) is 5.73 Å². The number of nitrogens with zero attached hydrogens (tertiary/aromatic N) is 4. The van der Waals surface area contributed by atoms with Crippen LogP contribution in [0.4, 0.5) is 5.69 Å². The summed E-state index contributed by atoms with van der Waals surface area (Å²) in [4.78, 5) is 0. The van der Waals surface area contributed by atoms with Gasteiger partial charge in [-0.25, -0.2) is 4.68 Å². The summed E-state index contributed by atoms with van der Waals surface area (Å²) in [5.41, 5.74) is 7.11. The average molecular weight is 252 g/mol. The first kappa shape index (κ1) is 11.9. The molecule has 1 aromatic heterocycles. The third-order valence-corrected chi connectivity index (χ3v) is 2.84. The van der Waals surface area contributed by atoms with Crippen molar-refractivity contribution in [3.63, 3.8) is 0 Å². The van der Waals surface area contributed by atoms with Crippen LogP contribution in [0.1, 0.15) is 19.8 Å². The number of nitrogen functional groups attached to an aromatic ring is 1. The number of hydrogen-bond donors (Lipinski definition) is 1. The molecule has 0 aliphatic carbocycles. The zero-order valence-electron chi connectivity index (χ0n) is 9.60. The third-order valence-electron chi connectivity index (χ3n) is 2.51. The van der Waals surface area contributed by atoms with Gasteiger partial charge in [0.15, 0.2) is 5.82 Å². The highest BCUT2D eigenvalue weighted by molar-refractivity contribution is 6.33. The zero-order chi connectivity index (χ0) is 12.3. The molecule has 17 heavy (non-hydrogen) atoms. The van der Waals surface area contributed by atoms with Gasteiger partial charge in [-0.1, -0.05) is 24.9 Å². The first-order valence-electron chi connectivity index (χ1n) is 5.54. The van der Waals surface area contributed by atoms with E-state index >= 15 is 0 Å². The van der Waals surface area contributed by atoms with Gasteiger partial charge < -0.3 is 5.73 Å². The van der Waals surface area contributed by atoms with Crippen LogP contribution >= 0.6 is 11.6 Å². The average Bonchev–Trinajstić information content (AvgIpc) is 2.78. The Balaban J connectivity index is 2.32. The summed E-state index contributed by atoms with van der Waals surface area (Å²) in [5, 5.41) is 12.2. The SMILES string of the molecule is CCCCn1nnnc1-c1ccc(N)c(Cl)c1. The second-order valence-electron chi connectivity index (χ2n) is 3.82. The van der Waals surface area contributed by atoms with Crippen LogP contribution in [0, 0.1) is 0 Å². The van der Waals surface area contributed by atoms with E-state index in [1.807, 2.05) is 6.07 Å². The largest absolute Gasteiger partial charge is 0.398 e. The number of benzene rings is 1. The van der Waals surface area contributed by atoms with E-state index in [9.17, 15) is 0 Å². The Morgan fingerprint density at radius 2 is 2.24 bits per heavy atom. The minimum atomic E-state index is 0.521. The summed E-state index contributed by atoms with van der Waals surface area (Å²) < 4.78 is 1.78. The smallest absolute Gasteiger partial charge is 0.182 e. The van der Waals surface area contributed by atoms with Crippen molar-refractivity contribution in [1.82, 2.24) is 20.2 Å². The fraction of sp³-hybridized carbons (Fsp3) is 0.364. The lowest BCUT2D eigenvalue weighted by molar-refractivity contribution is 0.557. The van der Waals surface area contributed by atoms with Gasteiger partial charge in [-0.3, -0.25) is 0 Å². The molecule has 0 amide bonds. The Hall–Kier alpha value is -1.62. The van der Waals surface area contributed by atoms with Crippen molar-refractivity contribution in [3.05, 3.63) is 23.2 Å². The molecule has 2 aromatic rings. The molecule has 0 spiro atoms. The molecule has 0 bridgehead atoms. The van der Waals surface area contributed by atoms with Crippen LogP contribution in [0.2, 0.25) is 5.02 Å². The molecule has 2 rings (SSSR count). The first-order valence-corrected chi connectivity index (χ1v) is 5.91. The zero-order valence-corrected chi connectivity index (χ0v) is 10.4. The number of nitrogens with two attached hydrogens (primary N) is 1. The van der Waals surface area contributed by atoms with E-state index in [4.69, 9.17) is 17.3 Å². The topological polar surface area (TPSA) is 69.6 Å². The number of aromatic nitrogens is 4. The maximum Gasteiger partial charge on any atom is 0.182 e. The van der Waals surface area contributed by atoms with Gasteiger partial charge in [-0.05, 0) is 35.0 Å². The van der Waals surface area contributed by atoms with Crippen molar-refractivity contribution in [2.24, 2.45) is 0 Å². The van der Waals surface area contributed by atoms with E-state index in [0.29, 0.717) is 10.7 Å². The summed E-state index contributed by atoms with van der Waals surface area (Å²) in [6, 6.07) is 5.41. The van der Waals surface area contributed by atoms with Crippen LogP contribution in [0.3, 0.4) is 0 Å². The third kappa shape index (κ3) is 2.55. The van der Waals surface area contributed by atoms with E-state index < -0.39 is 0 Å². The number of hydrogen-bond acceptors (Lipinski definition) is 4. The molecule has 0 aliphatic heterocycles. The minimum absolute atomic E-state index is 0.521. The van der Waals surface area contributed by atoms with Gasteiger partial charge in [-0.15, -0.1) is 5.10 Å². The maximum absolute atomic E-state index is 5.98. The summed E-state index contributed by atoms with van der Waals surface area (Å²) in [5.74, 6) is 0.723. The van der Waals surface area contributed by atoms with Gasteiger partial charge in [0.05, 0.1) is 10.7 Å². The Morgan fingerprint density at radius 1 is 1.41 bits per heavy atom. The van der Waals surface area contributed by atoms with Crippen LogP contribution in [-0.2, 0) is 6.54 Å². The van der Waals surface area contributed by atoms with Crippen molar-refractivity contribution in [2.45, 2.75) is 26.3 Å². The normalized spacial score (nSPS) is 10.7. The standard InChI is InChI=1S/C11H14ClN5/c1-2-3-6-17-11(14-15-16-17)8-4-5-10(13)9(12)7-8/h4-5,7H,2-3,6,13H2,1H3. The van der Waals surface area contributed by atoms with Crippen LogP contribution in [-0.4, -0.2) is 20.2 Å². The molecule has 0 saturated carbocycles. The summed E-state index contributed by atoms with van der Waals surface area (Å²) in [6.45, 7) is 2.94. The van der Waals surface area contributed by atoms with E-state index in [1.165, 1.54) is 0 Å².